The summed E-state index contributed by atoms with van der Waals surface area (Å²) < 4.78 is 10.7. The molecular weight excluding hydrogens is 298 g/mol. The Morgan fingerprint density at radius 3 is 2.82 bits per heavy atom. The van der Waals surface area contributed by atoms with E-state index < -0.39 is 0 Å². The highest BCUT2D eigenvalue weighted by Gasteiger charge is 2.14. The molecule has 0 fully saturated rings. The van der Waals surface area contributed by atoms with Gasteiger partial charge < -0.3 is 9.26 Å². The molecule has 0 spiro atoms. The molecule has 114 valence electrons. The Morgan fingerprint density at radius 1 is 1.18 bits per heavy atom. The minimum absolute atomic E-state index is 0.553. The van der Waals surface area contributed by atoms with Crippen molar-refractivity contribution in [2.75, 3.05) is 14.2 Å². The zero-order valence-corrected chi connectivity index (χ0v) is 13.3. The fraction of sp³-hybridized carbons (Fsp3) is 0.250. The fourth-order valence-electron chi connectivity index (χ4n) is 2.21. The number of aromatic nitrogens is 2. The van der Waals surface area contributed by atoms with Gasteiger partial charge in [-0.1, -0.05) is 23.4 Å². The highest BCUT2D eigenvalue weighted by molar-refractivity contribution is 7.09. The molecule has 2 heterocycles. The van der Waals surface area contributed by atoms with Crippen molar-refractivity contribution >= 4 is 11.3 Å². The van der Waals surface area contributed by atoms with Crippen LogP contribution in [-0.2, 0) is 13.1 Å². The zero-order valence-electron chi connectivity index (χ0n) is 12.5. The number of hydrogen-bond donors (Lipinski definition) is 0. The van der Waals surface area contributed by atoms with Crippen LogP contribution >= 0.6 is 11.3 Å². The van der Waals surface area contributed by atoms with E-state index >= 15 is 0 Å². The Kier molecular flexibility index (Phi) is 4.50. The molecule has 0 aliphatic carbocycles. The summed E-state index contributed by atoms with van der Waals surface area (Å²) in [5, 5.41) is 6.13. The van der Waals surface area contributed by atoms with Gasteiger partial charge in [-0.3, -0.25) is 4.90 Å². The normalized spacial score (nSPS) is 11.0. The summed E-state index contributed by atoms with van der Waals surface area (Å²) in [6, 6.07) is 11.8. The third kappa shape index (κ3) is 3.35. The van der Waals surface area contributed by atoms with Gasteiger partial charge in [-0.25, -0.2) is 0 Å². The standard InChI is InChI=1S/C16H17N3O2S/c1-19(10-12-6-5-9-22-12)11-15-17-16(18-21-15)13-7-3-4-8-14(13)20-2/h3-9H,10-11H2,1-2H3. The van der Waals surface area contributed by atoms with Gasteiger partial charge in [-0.15, -0.1) is 11.3 Å². The lowest BCUT2D eigenvalue weighted by molar-refractivity contribution is 0.262. The molecule has 0 saturated heterocycles. The summed E-state index contributed by atoms with van der Waals surface area (Å²) in [5.41, 5.74) is 0.834. The Labute approximate surface area is 133 Å². The van der Waals surface area contributed by atoms with E-state index in [9.17, 15) is 0 Å². The third-order valence-corrected chi connectivity index (χ3v) is 4.09. The molecule has 0 aliphatic rings. The van der Waals surface area contributed by atoms with E-state index in [0.29, 0.717) is 18.3 Å². The van der Waals surface area contributed by atoms with Gasteiger partial charge in [0.15, 0.2) is 0 Å². The number of hydrogen-bond acceptors (Lipinski definition) is 6. The van der Waals surface area contributed by atoms with E-state index in [1.807, 2.05) is 31.3 Å². The summed E-state index contributed by atoms with van der Waals surface area (Å²) in [5.74, 6) is 1.89. The van der Waals surface area contributed by atoms with E-state index in [1.165, 1.54) is 4.88 Å². The van der Waals surface area contributed by atoms with Crippen LogP contribution in [0.15, 0.2) is 46.3 Å². The van der Waals surface area contributed by atoms with Gasteiger partial charge in [0.2, 0.25) is 11.7 Å². The van der Waals surface area contributed by atoms with Crippen LogP contribution in [0.4, 0.5) is 0 Å². The van der Waals surface area contributed by atoms with Crippen LogP contribution in [0.25, 0.3) is 11.4 Å². The smallest absolute Gasteiger partial charge is 0.241 e. The fourth-order valence-corrected chi connectivity index (χ4v) is 3.00. The van der Waals surface area contributed by atoms with Gasteiger partial charge in [0.1, 0.15) is 5.75 Å². The minimum Gasteiger partial charge on any atom is -0.496 e. The quantitative estimate of drug-likeness (QED) is 0.697. The molecule has 0 unspecified atom stereocenters. The Balaban J connectivity index is 1.71. The molecule has 1 aromatic carbocycles. The third-order valence-electron chi connectivity index (χ3n) is 3.23. The van der Waals surface area contributed by atoms with Crippen LogP contribution in [0.2, 0.25) is 0 Å². The Bertz CT molecular complexity index is 725. The molecule has 3 rings (SSSR count). The largest absolute Gasteiger partial charge is 0.496 e. The molecule has 6 heteroatoms. The number of benzene rings is 1. The number of ether oxygens (including phenoxy) is 1. The second-order valence-electron chi connectivity index (χ2n) is 4.96. The minimum atomic E-state index is 0.553. The van der Waals surface area contributed by atoms with Gasteiger partial charge >= 0.3 is 0 Å². The lowest BCUT2D eigenvalue weighted by Crippen LogP contribution is -2.16. The van der Waals surface area contributed by atoms with Crippen molar-refractivity contribution in [2.24, 2.45) is 0 Å². The molecule has 22 heavy (non-hydrogen) atoms. The summed E-state index contributed by atoms with van der Waals surface area (Å²) in [4.78, 5) is 7.92. The van der Waals surface area contributed by atoms with Crippen molar-refractivity contribution in [2.45, 2.75) is 13.1 Å². The molecular formula is C16H17N3O2S. The molecule has 5 nitrogen and oxygen atoms in total. The molecule has 0 radical (unpaired) electrons. The second-order valence-corrected chi connectivity index (χ2v) is 6.00. The van der Waals surface area contributed by atoms with Gasteiger partial charge in [-0.2, -0.15) is 4.98 Å². The van der Waals surface area contributed by atoms with Crippen molar-refractivity contribution < 1.29 is 9.26 Å². The number of rotatable bonds is 6. The highest BCUT2D eigenvalue weighted by atomic mass is 32.1. The zero-order chi connectivity index (χ0) is 15.4. The van der Waals surface area contributed by atoms with Gasteiger partial charge in [0, 0.05) is 11.4 Å². The monoisotopic (exact) mass is 315 g/mol. The first-order chi connectivity index (χ1) is 10.8. The Hall–Kier alpha value is -2.18. The second kappa shape index (κ2) is 6.72. The maximum atomic E-state index is 5.35. The van der Waals surface area contributed by atoms with Crippen molar-refractivity contribution in [3.8, 4) is 17.1 Å². The highest BCUT2D eigenvalue weighted by Crippen LogP contribution is 2.27. The SMILES string of the molecule is COc1ccccc1-c1noc(CN(C)Cc2cccs2)n1. The first-order valence-electron chi connectivity index (χ1n) is 6.93. The van der Waals surface area contributed by atoms with E-state index in [4.69, 9.17) is 9.26 Å². The average Bonchev–Trinajstić information content (AvgIpc) is 3.19. The molecule has 3 aromatic rings. The maximum absolute atomic E-state index is 5.35. The van der Waals surface area contributed by atoms with Crippen LogP contribution in [0.5, 0.6) is 5.75 Å². The number of methoxy groups -OCH3 is 1. The van der Waals surface area contributed by atoms with Crippen molar-refractivity contribution in [1.29, 1.82) is 0 Å². The van der Waals surface area contributed by atoms with Crippen LogP contribution in [0, 0.1) is 0 Å². The van der Waals surface area contributed by atoms with E-state index in [2.05, 4.69) is 32.6 Å². The van der Waals surface area contributed by atoms with Gasteiger partial charge in [0.25, 0.3) is 0 Å². The van der Waals surface area contributed by atoms with E-state index in [1.54, 1.807) is 18.4 Å². The first kappa shape index (κ1) is 14.7. The summed E-state index contributed by atoms with van der Waals surface area (Å²) >= 11 is 1.74. The Morgan fingerprint density at radius 2 is 2.05 bits per heavy atom. The molecule has 0 amide bonds. The summed E-state index contributed by atoms with van der Waals surface area (Å²) in [6.45, 7) is 1.48. The summed E-state index contributed by atoms with van der Waals surface area (Å²) in [6.07, 6.45) is 0. The predicted molar refractivity (Wildman–Crippen MR) is 85.8 cm³/mol. The molecule has 0 aliphatic heterocycles. The van der Waals surface area contributed by atoms with E-state index in [-0.39, 0.29) is 0 Å². The molecule has 0 saturated carbocycles. The van der Waals surface area contributed by atoms with Crippen molar-refractivity contribution in [3.63, 3.8) is 0 Å². The predicted octanol–water partition coefficient (Wildman–Crippen LogP) is 3.44. The van der Waals surface area contributed by atoms with Gasteiger partial charge in [0.05, 0.1) is 19.2 Å². The lowest BCUT2D eigenvalue weighted by atomic mass is 10.2. The van der Waals surface area contributed by atoms with Crippen LogP contribution in [-0.4, -0.2) is 29.2 Å². The van der Waals surface area contributed by atoms with Crippen LogP contribution in [0.3, 0.4) is 0 Å². The molecule has 2 aromatic heterocycles. The van der Waals surface area contributed by atoms with Crippen LogP contribution < -0.4 is 4.74 Å². The number of thiophene rings is 1. The first-order valence-corrected chi connectivity index (χ1v) is 7.81. The topological polar surface area (TPSA) is 51.4 Å². The number of nitrogens with zero attached hydrogens (tertiary/aromatic N) is 3. The molecule has 0 N–H and O–H groups in total. The van der Waals surface area contributed by atoms with Crippen molar-refractivity contribution in [1.82, 2.24) is 15.0 Å². The maximum Gasteiger partial charge on any atom is 0.241 e. The van der Waals surface area contributed by atoms with Crippen molar-refractivity contribution in [3.05, 3.63) is 52.5 Å². The molecule has 0 atom stereocenters. The van der Waals surface area contributed by atoms with E-state index in [0.717, 1.165) is 17.9 Å². The average molecular weight is 315 g/mol. The molecule has 0 bridgehead atoms. The lowest BCUT2D eigenvalue weighted by Gasteiger charge is -2.12. The summed E-state index contributed by atoms with van der Waals surface area (Å²) in [7, 11) is 3.67. The number of para-hydroxylation sites is 1. The van der Waals surface area contributed by atoms with Crippen LogP contribution in [0.1, 0.15) is 10.8 Å². The van der Waals surface area contributed by atoms with Gasteiger partial charge in [-0.05, 0) is 30.6 Å².